The number of pyridine rings is 2. The summed E-state index contributed by atoms with van der Waals surface area (Å²) in [5.41, 5.74) is 9.93. The van der Waals surface area contributed by atoms with Gasteiger partial charge in [0.05, 0.1) is 0 Å². The molecule has 0 saturated heterocycles. The molecule has 0 spiro atoms. The molecule has 9 rings (SSSR count). The van der Waals surface area contributed by atoms with E-state index in [1.54, 1.807) is 0 Å². The third kappa shape index (κ3) is 4.96. The Morgan fingerprint density at radius 1 is 0.429 bits per heavy atom. The van der Waals surface area contributed by atoms with E-state index in [1.807, 2.05) is 24.5 Å². The van der Waals surface area contributed by atoms with Crippen molar-refractivity contribution >= 4 is 86.5 Å². The van der Waals surface area contributed by atoms with Gasteiger partial charge in [0.1, 0.15) is 8.07 Å². The predicted octanol–water partition coefficient (Wildman–Crippen LogP) is 4.62. The fourth-order valence-electron chi connectivity index (χ4n) is 8.23. The molecule has 5 heteroatoms. The first-order valence-corrected chi connectivity index (χ1v) is 20.1. The van der Waals surface area contributed by atoms with Crippen LogP contribution in [0, 0.1) is 0 Å². The molecular formula is C44H34B2N2Si. The molecule has 0 unspecified atom stereocenters. The molecule has 0 atom stereocenters. The minimum Gasteiger partial charge on any atom is -0.270 e. The molecule has 1 aliphatic rings. The van der Waals surface area contributed by atoms with Crippen LogP contribution in [0.2, 0.25) is 13.1 Å². The fraction of sp³-hybridized carbons (Fsp3) is 0.0455. The molecule has 3 heterocycles. The van der Waals surface area contributed by atoms with Gasteiger partial charge in [0.2, 0.25) is 0 Å². The summed E-state index contributed by atoms with van der Waals surface area (Å²) in [5, 5.41) is 8.34. The van der Waals surface area contributed by atoms with Crippen LogP contribution in [0.3, 0.4) is 0 Å². The highest BCUT2D eigenvalue weighted by molar-refractivity contribution is 7.04. The normalized spacial score (nSPS) is 12.9. The van der Waals surface area contributed by atoms with Crippen LogP contribution in [0.15, 0.2) is 170 Å². The molecular weight excluding hydrogens is 606 g/mol. The summed E-state index contributed by atoms with van der Waals surface area (Å²) in [5.74, 6) is 0. The monoisotopic (exact) mass is 640 g/mol. The third-order valence-corrected chi connectivity index (χ3v) is 14.1. The Morgan fingerprint density at radius 3 is 1.63 bits per heavy atom. The second-order valence-electron chi connectivity index (χ2n) is 13.8. The Labute approximate surface area is 289 Å². The van der Waals surface area contributed by atoms with E-state index < -0.39 is 8.07 Å². The van der Waals surface area contributed by atoms with Crippen LogP contribution in [-0.4, -0.2) is 31.5 Å². The molecule has 0 aliphatic carbocycles. The highest BCUT2D eigenvalue weighted by Gasteiger charge is 2.37. The van der Waals surface area contributed by atoms with Crippen molar-refractivity contribution in [3.8, 4) is 11.1 Å². The Morgan fingerprint density at radius 2 is 1.02 bits per heavy atom. The van der Waals surface area contributed by atoms with Crippen molar-refractivity contribution in [2.24, 2.45) is 0 Å². The van der Waals surface area contributed by atoms with Crippen molar-refractivity contribution in [3.05, 3.63) is 170 Å². The summed E-state index contributed by atoms with van der Waals surface area (Å²) in [4.78, 5) is 9.68. The third-order valence-electron chi connectivity index (χ3n) is 10.6. The number of fused-ring (bicyclic) bond motifs is 4. The first kappa shape index (κ1) is 29.6. The van der Waals surface area contributed by atoms with E-state index in [0.29, 0.717) is 0 Å². The van der Waals surface area contributed by atoms with Crippen molar-refractivity contribution in [1.29, 1.82) is 0 Å². The number of nitrogens with zero attached hydrogens (tertiary/aromatic N) is 2. The van der Waals surface area contributed by atoms with Crippen LogP contribution in [0.4, 0.5) is 0 Å². The van der Waals surface area contributed by atoms with E-state index >= 15 is 0 Å². The van der Waals surface area contributed by atoms with Crippen molar-refractivity contribution in [1.82, 2.24) is 9.97 Å². The van der Waals surface area contributed by atoms with Crippen LogP contribution < -0.4 is 43.4 Å². The molecule has 0 saturated carbocycles. The molecule has 49 heavy (non-hydrogen) atoms. The Bertz CT molecular complexity index is 2390. The van der Waals surface area contributed by atoms with Gasteiger partial charge in [-0.2, -0.15) is 0 Å². The highest BCUT2D eigenvalue weighted by Crippen LogP contribution is 2.37. The van der Waals surface area contributed by atoms with Crippen LogP contribution in [0.5, 0.6) is 0 Å². The van der Waals surface area contributed by atoms with Crippen molar-refractivity contribution in [3.63, 3.8) is 0 Å². The molecule has 0 N–H and O–H groups in total. The summed E-state index contributed by atoms with van der Waals surface area (Å²) in [6, 6.07) is 57.9. The van der Waals surface area contributed by atoms with Crippen LogP contribution >= 0.6 is 0 Å². The average molecular weight is 640 g/mol. The summed E-state index contributed by atoms with van der Waals surface area (Å²) < 4.78 is 0. The standard InChI is InChI=1S/C44H34B2N2Si/c1-49(2)40-19-13-18-37-38-29-34(45(32-14-5-3-6-15-32)42-20-9-11-26-47-42)23-22-31(38)28-39(44(37)40)36-25-24-35(30-41(36)49)46(33-16-7-4-8-17-33)43-21-10-12-27-48-43/h3-30H,1-2H3. The molecule has 230 valence electrons. The summed E-state index contributed by atoms with van der Waals surface area (Å²) >= 11 is 0. The number of aromatic nitrogens is 2. The minimum absolute atomic E-state index is 0.0549. The van der Waals surface area contributed by atoms with Gasteiger partial charge in [-0.05, 0) is 73.4 Å². The lowest BCUT2D eigenvalue weighted by atomic mass is 9.38. The van der Waals surface area contributed by atoms with Crippen LogP contribution in [0.1, 0.15) is 0 Å². The van der Waals surface area contributed by atoms with Gasteiger partial charge in [-0.15, -0.1) is 0 Å². The minimum atomic E-state index is -2.10. The molecule has 0 bridgehead atoms. The van der Waals surface area contributed by atoms with Crippen molar-refractivity contribution < 1.29 is 0 Å². The average Bonchev–Trinajstić information content (AvgIpc) is 3.16. The van der Waals surface area contributed by atoms with E-state index in [-0.39, 0.29) is 13.4 Å². The Hall–Kier alpha value is -5.51. The first-order chi connectivity index (χ1) is 24.1. The Kier molecular flexibility index (Phi) is 7.17. The lowest BCUT2D eigenvalue weighted by Crippen LogP contribution is -2.59. The highest BCUT2D eigenvalue weighted by atomic mass is 28.3. The van der Waals surface area contributed by atoms with E-state index in [0.717, 1.165) is 11.2 Å². The topological polar surface area (TPSA) is 25.8 Å². The van der Waals surface area contributed by atoms with Gasteiger partial charge in [-0.1, -0.05) is 162 Å². The van der Waals surface area contributed by atoms with Crippen LogP contribution in [0.25, 0.3) is 32.7 Å². The number of benzene rings is 6. The maximum absolute atomic E-state index is 4.85. The molecule has 2 nitrogen and oxygen atoms in total. The fourth-order valence-corrected chi connectivity index (χ4v) is 11.3. The summed E-state index contributed by atoms with van der Waals surface area (Å²) in [7, 11) is -2.10. The zero-order valence-electron chi connectivity index (χ0n) is 27.7. The zero-order chi connectivity index (χ0) is 33.0. The van der Waals surface area contributed by atoms with Gasteiger partial charge in [0.25, 0.3) is 13.4 Å². The smallest absolute Gasteiger partial charge is 0.265 e. The number of rotatable bonds is 6. The molecule has 0 amide bonds. The summed E-state index contributed by atoms with van der Waals surface area (Å²) in [6.07, 6.45) is 3.81. The van der Waals surface area contributed by atoms with Crippen LogP contribution in [-0.2, 0) is 0 Å². The molecule has 8 aromatic rings. The van der Waals surface area contributed by atoms with E-state index in [4.69, 9.17) is 9.97 Å². The van der Waals surface area contributed by atoms with Gasteiger partial charge < -0.3 is 0 Å². The largest absolute Gasteiger partial charge is 0.270 e. The van der Waals surface area contributed by atoms with Gasteiger partial charge in [0, 0.05) is 23.6 Å². The maximum atomic E-state index is 4.85. The number of hydrogen-bond donors (Lipinski definition) is 0. The predicted molar refractivity (Wildman–Crippen MR) is 214 cm³/mol. The van der Waals surface area contributed by atoms with E-state index in [9.17, 15) is 0 Å². The van der Waals surface area contributed by atoms with E-state index in [2.05, 4.69) is 159 Å². The lowest BCUT2D eigenvalue weighted by Gasteiger charge is -2.35. The maximum Gasteiger partial charge on any atom is 0.265 e. The van der Waals surface area contributed by atoms with Gasteiger partial charge in [-0.3, -0.25) is 9.97 Å². The molecule has 0 radical (unpaired) electrons. The second kappa shape index (κ2) is 11.9. The molecule has 0 fully saturated rings. The van der Waals surface area contributed by atoms with Crippen molar-refractivity contribution in [2.75, 3.05) is 0 Å². The quantitative estimate of drug-likeness (QED) is 0.196. The molecule has 1 aliphatic heterocycles. The first-order valence-electron chi connectivity index (χ1n) is 17.1. The van der Waals surface area contributed by atoms with Gasteiger partial charge in [0.15, 0.2) is 0 Å². The van der Waals surface area contributed by atoms with Gasteiger partial charge in [-0.25, -0.2) is 0 Å². The second-order valence-corrected chi connectivity index (χ2v) is 18.1. The summed E-state index contributed by atoms with van der Waals surface area (Å²) in [6.45, 7) is 5.18. The lowest BCUT2D eigenvalue weighted by molar-refractivity contribution is 1.38. The van der Waals surface area contributed by atoms with Gasteiger partial charge >= 0.3 is 0 Å². The van der Waals surface area contributed by atoms with Crippen molar-refractivity contribution in [2.45, 2.75) is 13.1 Å². The molecule has 2 aromatic heterocycles. The SMILES string of the molecule is C[Si]1(C)c2cc(B(c3ccccc3)c3ccccn3)ccc2-c2cc3ccc(B(c4ccccc4)c4ccccn4)cc3c3cccc1c23. The Balaban J connectivity index is 1.24. The molecule has 6 aromatic carbocycles. The zero-order valence-corrected chi connectivity index (χ0v) is 28.7. The number of hydrogen-bond acceptors (Lipinski definition) is 2. The van der Waals surface area contributed by atoms with E-state index in [1.165, 1.54) is 64.9 Å².